The van der Waals surface area contributed by atoms with Crippen molar-refractivity contribution in [2.45, 2.75) is 19.1 Å². The van der Waals surface area contributed by atoms with E-state index in [-0.39, 0.29) is 13.2 Å². The van der Waals surface area contributed by atoms with Gasteiger partial charge in [0.25, 0.3) is 0 Å². The quantitative estimate of drug-likeness (QED) is 0.765. The fourth-order valence-electron chi connectivity index (χ4n) is 2.48. The monoisotopic (exact) mass is 325 g/mol. The van der Waals surface area contributed by atoms with Gasteiger partial charge in [-0.25, -0.2) is 14.8 Å². The number of aliphatic hydroxyl groups is 2. The number of anilines is 2. The highest BCUT2D eigenvalue weighted by Gasteiger charge is 2.29. The van der Waals surface area contributed by atoms with E-state index >= 15 is 0 Å². The Labute approximate surface area is 138 Å². The molecule has 24 heavy (non-hydrogen) atoms. The minimum absolute atomic E-state index is 0.254. The molecule has 3 N–H and O–H groups in total. The maximum Gasteiger partial charge on any atom is 0.328 e. The van der Waals surface area contributed by atoms with Gasteiger partial charge in [0.2, 0.25) is 0 Å². The number of urea groups is 1. The molecule has 122 valence electrons. The van der Waals surface area contributed by atoms with Crippen LogP contribution >= 0.6 is 0 Å². The second-order valence-electron chi connectivity index (χ2n) is 5.30. The molecule has 2 amide bonds. The fraction of sp³-hybridized carbons (Fsp3) is 0.250. The third-order valence-electron chi connectivity index (χ3n) is 3.74. The summed E-state index contributed by atoms with van der Waals surface area (Å²) in [5, 5.41) is 30.7. The van der Waals surface area contributed by atoms with Gasteiger partial charge in [0.1, 0.15) is 17.7 Å². The van der Waals surface area contributed by atoms with Gasteiger partial charge in [0.15, 0.2) is 0 Å². The number of carbonyl (C=O) groups is 1. The van der Waals surface area contributed by atoms with Crippen LogP contribution in [0.3, 0.4) is 0 Å². The summed E-state index contributed by atoms with van der Waals surface area (Å²) >= 11 is 0. The molecule has 3 rings (SSSR count). The molecule has 1 unspecified atom stereocenters. The highest BCUT2D eigenvalue weighted by atomic mass is 16.3. The molecule has 2 aromatic rings. The van der Waals surface area contributed by atoms with Crippen LogP contribution in [0.15, 0.2) is 30.5 Å². The maximum absolute atomic E-state index is 12.5. The molecule has 8 nitrogen and oxygen atoms in total. The van der Waals surface area contributed by atoms with Crippen LogP contribution in [-0.4, -0.2) is 32.8 Å². The first-order valence-electron chi connectivity index (χ1n) is 7.36. The second kappa shape index (κ2) is 6.62. The Bertz CT molecular complexity index is 800. The number of hydrogen-bond acceptors (Lipinski definition) is 6. The van der Waals surface area contributed by atoms with Crippen molar-refractivity contribution in [3.05, 3.63) is 47.3 Å². The zero-order valence-corrected chi connectivity index (χ0v) is 12.7. The summed E-state index contributed by atoms with van der Waals surface area (Å²) in [6.45, 7) is 0.0359. The standard InChI is InChI=1S/C16H15N5O3/c17-7-10-1-4-14(18-8-10)20-16(24)21-6-5-13(23)12-3-2-11(9-22)19-15(12)21/h1-4,8,13,22-23H,5-6,9H2,(H,18,20,24). The highest BCUT2D eigenvalue weighted by Crippen LogP contribution is 2.32. The third-order valence-corrected chi connectivity index (χ3v) is 3.74. The number of aromatic nitrogens is 2. The lowest BCUT2D eigenvalue weighted by Crippen LogP contribution is -2.40. The van der Waals surface area contributed by atoms with Gasteiger partial charge in [-0.15, -0.1) is 0 Å². The zero-order valence-electron chi connectivity index (χ0n) is 12.7. The lowest BCUT2D eigenvalue weighted by Gasteiger charge is -2.31. The van der Waals surface area contributed by atoms with Crippen molar-refractivity contribution in [1.29, 1.82) is 5.26 Å². The minimum Gasteiger partial charge on any atom is -0.390 e. The number of pyridine rings is 2. The van der Waals surface area contributed by atoms with Gasteiger partial charge in [-0.1, -0.05) is 6.07 Å². The largest absolute Gasteiger partial charge is 0.390 e. The molecule has 0 bridgehead atoms. The average molecular weight is 325 g/mol. The number of nitrogens with one attached hydrogen (secondary N) is 1. The van der Waals surface area contributed by atoms with E-state index in [0.29, 0.717) is 34.9 Å². The zero-order chi connectivity index (χ0) is 17.1. The van der Waals surface area contributed by atoms with Crippen molar-refractivity contribution in [2.75, 3.05) is 16.8 Å². The van der Waals surface area contributed by atoms with Crippen LogP contribution in [-0.2, 0) is 6.61 Å². The number of fused-ring (bicyclic) bond motifs is 1. The average Bonchev–Trinajstić information content (AvgIpc) is 2.62. The summed E-state index contributed by atoms with van der Waals surface area (Å²) in [7, 11) is 0. The molecule has 0 aliphatic carbocycles. The van der Waals surface area contributed by atoms with Gasteiger partial charge in [-0.3, -0.25) is 10.2 Å². The maximum atomic E-state index is 12.5. The summed E-state index contributed by atoms with van der Waals surface area (Å²) < 4.78 is 0. The Kier molecular flexibility index (Phi) is 4.37. The summed E-state index contributed by atoms with van der Waals surface area (Å²) in [6, 6.07) is 7.88. The summed E-state index contributed by atoms with van der Waals surface area (Å²) in [4.78, 5) is 22.2. The molecule has 1 aliphatic heterocycles. The molecule has 0 saturated carbocycles. The molecule has 3 heterocycles. The van der Waals surface area contributed by atoms with E-state index in [2.05, 4.69) is 15.3 Å². The van der Waals surface area contributed by atoms with Crippen LogP contribution < -0.4 is 10.2 Å². The lowest BCUT2D eigenvalue weighted by atomic mass is 10.0. The summed E-state index contributed by atoms with van der Waals surface area (Å²) in [5.74, 6) is 0.636. The molecular weight excluding hydrogens is 310 g/mol. The van der Waals surface area contributed by atoms with Crippen LogP contribution in [0, 0.1) is 11.3 Å². The van der Waals surface area contributed by atoms with Crippen molar-refractivity contribution in [2.24, 2.45) is 0 Å². The van der Waals surface area contributed by atoms with Crippen LogP contribution in [0.5, 0.6) is 0 Å². The van der Waals surface area contributed by atoms with Crippen LogP contribution in [0.2, 0.25) is 0 Å². The molecule has 0 spiro atoms. The van der Waals surface area contributed by atoms with Gasteiger partial charge in [-0.05, 0) is 24.6 Å². The number of rotatable bonds is 2. The topological polar surface area (TPSA) is 122 Å². The number of nitrogens with zero attached hydrogens (tertiary/aromatic N) is 4. The van der Waals surface area contributed by atoms with Crippen LogP contribution in [0.1, 0.15) is 29.3 Å². The molecular formula is C16H15N5O3. The number of aliphatic hydroxyl groups excluding tert-OH is 2. The van der Waals surface area contributed by atoms with Gasteiger partial charge in [-0.2, -0.15) is 5.26 Å². The van der Waals surface area contributed by atoms with E-state index in [4.69, 9.17) is 5.26 Å². The Morgan fingerprint density at radius 3 is 2.92 bits per heavy atom. The summed E-state index contributed by atoms with van der Waals surface area (Å²) in [5.41, 5.74) is 1.35. The lowest BCUT2D eigenvalue weighted by molar-refractivity contribution is 0.163. The van der Waals surface area contributed by atoms with Crippen molar-refractivity contribution in [3.8, 4) is 6.07 Å². The Balaban J connectivity index is 1.85. The van der Waals surface area contributed by atoms with E-state index in [1.54, 1.807) is 18.2 Å². The molecule has 0 aromatic carbocycles. The molecule has 8 heteroatoms. The van der Waals surface area contributed by atoms with Gasteiger partial charge < -0.3 is 10.2 Å². The number of nitriles is 1. The van der Waals surface area contributed by atoms with Crippen LogP contribution in [0.4, 0.5) is 16.4 Å². The van der Waals surface area contributed by atoms with E-state index in [1.807, 2.05) is 6.07 Å². The smallest absolute Gasteiger partial charge is 0.328 e. The predicted molar refractivity (Wildman–Crippen MR) is 85.1 cm³/mol. The van der Waals surface area contributed by atoms with Crippen LogP contribution in [0.25, 0.3) is 0 Å². The Morgan fingerprint density at radius 2 is 2.25 bits per heavy atom. The van der Waals surface area contributed by atoms with E-state index in [1.165, 1.54) is 17.2 Å². The van der Waals surface area contributed by atoms with Gasteiger partial charge in [0, 0.05) is 18.3 Å². The van der Waals surface area contributed by atoms with Crippen molar-refractivity contribution >= 4 is 17.7 Å². The normalized spacial score (nSPS) is 16.2. The molecule has 0 radical (unpaired) electrons. The fourth-order valence-corrected chi connectivity index (χ4v) is 2.48. The Hall–Kier alpha value is -3.02. The van der Waals surface area contributed by atoms with Crippen molar-refractivity contribution < 1.29 is 15.0 Å². The SMILES string of the molecule is N#Cc1ccc(NC(=O)N2CCC(O)c3ccc(CO)nc32)nc1. The first-order chi connectivity index (χ1) is 11.6. The highest BCUT2D eigenvalue weighted by molar-refractivity contribution is 6.01. The molecule has 0 saturated heterocycles. The summed E-state index contributed by atoms with van der Waals surface area (Å²) in [6.07, 6.45) is 1.06. The van der Waals surface area contributed by atoms with E-state index < -0.39 is 12.1 Å². The molecule has 1 aliphatic rings. The molecule has 2 aromatic heterocycles. The first-order valence-corrected chi connectivity index (χ1v) is 7.36. The first kappa shape index (κ1) is 15.9. The third kappa shape index (κ3) is 3.03. The van der Waals surface area contributed by atoms with E-state index in [0.717, 1.165) is 0 Å². The van der Waals surface area contributed by atoms with Gasteiger partial charge >= 0.3 is 6.03 Å². The predicted octanol–water partition coefficient (Wildman–Crippen LogP) is 1.32. The van der Waals surface area contributed by atoms with Crippen molar-refractivity contribution in [1.82, 2.24) is 9.97 Å². The molecule has 1 atom stereocenters. The van der Waals surface area contributed by atoms with Crippen molar-refractivity contribution in [3.63, 3.8) is 0 Å². The number of carbonyl (C=O) groups excluding carboxylic acids is 1. The number of hydrogen-bond donors (Lipinski definition) is 3. The van der Waals surface area contributed by atoms with Gasteiger partial charge in [0.05, 0.1) is 24.0 Å². The number of amides is 2. The molecule has 0 fully saturated rings. The second-order valence-corrected chi connectivity index (χ2v) is 5.30. The van der Waals surface area contributed by atoms with E-state index in [9.17, 15) is 15.0 Å². The minimum atomic E-state index is -0.697. The Morgan fingerprint density at radius 1 is 1.42 bits per heavy atom.